The van der Waals surface area contributed by atoms with Gasteiger partial charge in [-0.1, -0.05) is 0 Å². The van der Waals surface area contributed by atoms with Crippen molar-refractivity contribution in [2.75, 3.05) is 0 Å². The van der Waals surface area contributed by atoms with E-state index < -0.39 is 17.7 Å². The Morgan fingerprint density at radius 2 is 2.29 bits per heavy atom. The van der Waals surface area contributed by atoms with Crippen molar-refractivity contribution in [3.05, 3.63) is 28.6 Å². The zero-order valence-electron chi connectivity index (χ0n) is 7.29. The number of carbonyl (C=O) groups excluding carboxylic acids is 1. The molecule has 0 aliphatic carbocycles. The van der Waals surface area contributed by atoms with Crippen molar-refractivity contribution in [2.45, 2.75) is 13.3 Å². The Hall–Kier alpha value is -1.83. The van der Waals surface area contributed by atoms with E-state index >= 15 is 0 Å². The number of hydrogen-bond donors (Lipinski definition) is 0. The Morgan fingerprint density at radius 1 is 1.64 bits per heavy atom. The van der Waals surface area contributed by atoms with E-state index in [2.05, 4.69) is 4.98 Å². The van der Waals surface area contributed by atoms with Gasteiger partial charge in [0.05, 0.1) is 5.56 Å². The van der Waals surface area contributed by atoms with Crippen LogP contribution in [0.4, 0.5) is 8.78 Å². The molecule has 0 radical (unpaired) electrons. The molecule has 0 N–H and O–H groups in total. The molecule has 0 spiro atoms. The van der Waals surface area contributed by atoms with E-state index in [0.717, 1.165) is 6.07 Å². The number of rotatable bonds is 2. The molecule has 3 nitrogen and oxygen atoms in total. The van der Waals surface area contributed by atoms with Crippen LogP contribution in [-0.4, -0.2) is 11.3 Å². The number of halogens is 2. The van der Waals surface area contributed by atoms with Crippen LogP contribution in [0.2, 0.25) is 0 Å². The molecule has 0 aliphatic heterocycles. The first kappa shape index (κ1) is 10.3. The average molecular weight is 196 g/mol. The predicted octanol–water partition coefficient (Wildman–Crippen LogP) is 2.01. The SMILES string of the molecule is Cc1cc(C(F)F)c(C#N)nc1C=O. The smallest absolute Gasteiger partial charge is 0.266 e. The van der Waals surface area contributed by atoms with Crippen LogP contribution >= 0.6 is 0 Å². The van der Waals surface area contributed by atoms with Gasteiger partial charge in [0, 0.05) is 0 Å². The zero-order chi connectivity index (χ0) is 10.7. The molecule has 1 heterocycles. The molecule has 14 heavy (non-hydrogen) atoms. The van der Waals surface area contributed by atoms with Crippen molar-refractivity contribution < 1.29 is 13.6 Å². The van der Waals surface area contributed by atoms with Gasteiger partial charge in [0.25, 0.3) is 6.43 Å². The highest BCUT2D eigenvalue weighted by atomic mass is 19.3. The maximum Gasteiger partial charge on any atom is 0.266 e. The molecule has 1 rings (SSSR count). The standard InChI is InChI=1S/C9H6F2N2O/c1-5-2-6(9(10)11)7(3-12)13-8(5)4-14/h2,4,9H,1H3. The molecule has 0 fully saturated rings. The minimum atomic E-state index is -2.75. The van der Waals surface area contributed by atoms with E-state index in [1.54, 1.807) is 0 Å². The zero-order valence-corrected chi connectivity index (χ0v) is 7.29. The predicted molar refractivity (Wildman–Crippen MR) is 44.0 cm³/mol. The maximum atomic E-state index is 12.4. The highest BCUT2D eigenvalue weighted by molar-refractivity contribution is 5.74. The number of pyridine rings is 1. The third kappa shape index (κ3) is 1.74. The van der Waals surface area contributed by atoms with Crippen molar-refractivity contribution in [3.63, 3.8) is 0 Å². The van der Waals surface area contributed by atoms with Crippen LogP contribution in [0, 0.1) is 18.3 Å². The minimum absolute atomic E-state index is 0.0194. The molecule has 0 amide bonds. The van der Waals surface area contributed by atoms with Gasteiger partial charge in [-0.25, -0.2) is 13.8 Å². The first-order valence-corrected chi connectivity index (χ1v) is 3.75. The normalized spacial score (nSPS) is 9.93. The molecule has 0 aliphatic rings. The second-order valence-electron chi connectivity index (χ2n) is 2.66. The molecule has 0 unspecified atom stereocenters. The van der Waals surface area contributed by atoms with Crippen LogP contribution in [0.3, 0.4) is 0 Å². The van der Waals surface area contributed by atoms with Crippen LogP contribution in [0.15, 0.2) is 6.07 Å². The highest BCUT2D eigenvalue weighted by Gasteiger charge is 2.16. The van der Waals surface area contributed by atoms with Crippen molar-refractivity contribution in [2.24, 2.45) is 0 Å². The fraction of sp³-hybridized carbons (Fsp3) is 0.222. The Balaban J connectivity index is 3.40. The maximum absolute atomic E-state index is 12.4. The highest BCUT2D eigenvalue weighted by Crippen LogP contribution is 2.23. The largest absolute Gasteiger partial charge is 0.296 e. The number of aryl methyl sites for hydroxylation is 1. The molecule has 0 atom stereocenters. The Labute approximate surface area is 79.0 Å². The summed E-state index contributed by atoms with van der Waals surface area (Å²) in [5, 5.41) is 8.52. The lowest BCUT2D eigenvalue weighted by Crippen LogP contribution is -2.01. The summed E-state index contributed by atoms with van der Waals surface area (Å²) in [7, 11) is 0. The quantitative estimate of drug-likeness (QED) is 0.680. The van der Waals surface area contributed by atoms with Crippen molar-refractivity contribution in [1.82, 2.24) is 4.98 Å². The van der Waals surface area contributed by atoms with Gasteiger partial charge in [-0.2, -0.15) is 5.26 Å². The number of nitriles is 1. The molecule has 72 valence electrons. The molecular weight excluding hydrogens is 190 g/mol. The molecular formula is C9H6F2N2O. The van der Waals surface area contributed by atoms with Crippen molar-refractivity contribution in [3.8, 4) is 6.07 Å². The lowest BCUT2D eigenvalue weighted by molar-refractivity contribution is 0.111. The van der Waals surface area contributed by atoms with Crippen LogP contribution in [0.5, 0.6) is 0 Å². The molecule has 1 aromatic rings. The molecule has 0 bridgehead atoms. The van der Waals surface area contributed by atoms with E-state index in [9.17, 15) is 13.6 Å². The third-order valence-electron chi connectivity index (χ3n) is 1.73. The minimum Gasteiger partial charge on any atom is -0.296 e. The van der Waals surface area contributed by atoms with E-state index in [4.69, 9.17) is 5.26 Å². The van der Waals surface area contributed by atoms with Gasteiger partial charge in [0.1, 0.15) is 17.5 Å². The summed E-state index contributed by atoms with van der Waals surface area (Å²) in [5.41, 5.74) is -0.469. The van der Waals surface area contributed by atoms with Crippen LogP contribution in [0.1, 0.15) is 33.7 Å². The number of aldehydes is 1. The second-order valence-corrected chi connectivity index (χ2v) is 2.66. The summed E-state index contributed by atoms with van der Waals surface area (Å²) < 4.78 is 24.7. The third-order valence-corrected chi connectivity index (χ3v) is 1.73. The van der Waals surface area contributed by atoms with E-state index in [-0.39, 0.29) is 5.69 Å². The molecule has 0 aromatic carbocycles. The molecule has 0 saturated heterocycles. The summed E-state index contributed by atoms with van der Waals surface area (Å²) in [6.45, 7) is 1.49. The monoisotopic (exact) mass is 196 g/mol. The number of nitrogens with zero attached hydrogens (tertiary/aromatic N) is 2. The number of alkyl halides is 2. The van der Waals surface area contributed by atoms with Gasteiger partial charge >= 0.3 is 0 Å². The fourth-order valence-corrected chi connectivity index (χ4v) is 1.02. The fourth-order valence-electron chi connectivity index (χ4n) is 1.02. The van der Waals surface area contributed by atoms with E-state index in [1.807, 2.05) is 0 Å². The van der Waals surface area contributed by atoms with Gasteiger partial charge in [-0.15, -0.1) is 0 Å². The van der Waals surface area contributed by atoms with Gasteiger partial charge in [0.15, 0.2) is 6.29 Å². The topological polar surface area (TPSA) is 53.8 Å². The first-order chi connectivity index (χ1) is 6.60. The Bertz CT molecular complexity index is 410. The number of carbonyl (C=O) groups is 1. The Morgan fingerprint density at radius 3 is 2.71 bits per heavy atom. The summed E-state index contributed by atoms with van der Waals surface area (Å²) in [6.07, 6.45) is -2.32. The lowest BCUT2D eigenvalue weighted by atomic mass is 10.1. The molecule has 0 saturated carbocycles. The van der Waals surface area contributed by atoms with Gasteiger partial charge in [-0.3, -0.25) is 4.79 Å². The van der Waals surface area contributed by atoms with Crippen molar-refractivity contribution >= 4 is 6.29 Å². The summed E-state index contributed by atoms with van der Waals surface area (Å²) >= 11 is 0. The number of aromatic nitrogens is 1. The second kappa shape index (κ2) is 3.92. The van der Waals surface area contributed by atoms with Crippen LogP contribution < -0.4 is 0 Å². The van der Waals surface area contributed by atoms with Gasteiger partial charge in [-0.05, 0) is 18.6 Å². The average Bonchev–Trinajstić information content (AvgIpc) is 2.17. The molecule has 5 heteroatoms. The van der Waals surface area contributed by atoms with Crippen LogP contribution in [0.25, 0.3) is 0 Å². The summed E-state index contributed by atoms with van der Waals surface area (Å²) in [6, 6.07) is 2.64. The van der Waals surface area contributed by atoms with Gasteiger partial charge < -0.3 is 0 Å². The lowest BCUT2D eigenvalue weighted by Gasteiger charge is -2.04. The van der Waals surface area contributed by atoms with Crippen LogP contribution in [-0.2, 0) is 0 Å². The Kier molecular flexibility index (Phi) is 2.87. The summed E-state index contributed by atoms with van der Waals surface area (Å²) in [5.74, 6) is 0. The van der Waals surface area contributed by atoms with Crippen molar-refractivity contribution in [1.29, 1.82) is 5.26 Å². The first-order valence-electron chi connectivity index (χ1n) is 3.75. The van der Waals surface area contributed by atoms with E-state index in [1.165, 1.54) is 13.0 Å². The number of hydrogen-bond acceptors (Lipinski definition) is 3. The molecule has 1 aromatic heterocycles. The van der Waals surface area contributed by atoms with Gasteiger partial charge in [0.2, 0.25) is 0 Å². The van der Waals surface area contributed by atoms with E-state index in [0.29, 0.717) is 11.8 Å². The summed E-state index contributed by atoms with van der Waals surface area (Å²) in [4.78, 5) is 13.9.